The lowest BCUT2D eigenvalue weighted by Gasteiger charge is -2.35. The highest BCUT2D eigenvalue weighted by molar-refractivity contribution is 6.23. The third-order valence-electron chi connectivity index (χ3n) is 5.53. The van der Waals surface area contributed by atoms with Crippen LogP contribution in [-0.2, 0) is 14.4 Å². The molecule has 2 aromatic rings. The van der Waals surface area contributed by atoms with E-state index in [1.165, 1.54) is 4.90 Å². The molecule has 4 nitrogen and oxygen atoms in total. The number of amides is 2. The van der Waals surface area contributed by atoms with Gasteiger partial charge in [0, 0.05) is 18.3 Å². The number of imide groups is 1. The van der Waals surface area contributed by atoms with Crippen molar-refractivity contribution in [1.29, 1.82) is 0 Å². The summed E-state index contributed by atoms with van der Waals surface area (Å²) in [5.74, 6) is -1.92. The van der Waals surface area contributed by atoms with Crippen LogP contribution in [-0.4, -0.2) is 17.6 Å². The number of hydrogen-bond acceptors (Lipinski definition) is 3. The summed E-state index contributed by atoms with van der Waals surface area (Å²) in [5.41, 5.74) is 1.54. The summed E-state index contributed by atoms with van der Waals surface area (Å²) in [5, 5.41) is 0. The first-order valence-corrected chi connectivity index (χ1v) is 8.60. The van der Waals surface area contributed by atoms with Gasteiger partial charge in [0.05, 0.1) is 17.5 Å². The van der Waals surface area contributed by atoms with Gasteiger partial charge in [0.15, 0.2) is 0 Å². The number of nitrogens with zero attached hydrogens (tertiary/aromatic N) is 1. The lowest BCUT2D eigenvalue weighted by atomic mass is 9.65. The third kappa shape index (κ3) is 2.40. The Balaban J connectivity index is 1.79. The Labute approximate surface area is 146 Å². The number of carbonyl (C=O) groups excluding carboxylic acids is 3. The van der Waals surface area contributed by atoms with Crippen molar-refractivity contribution in [3.05, 3.63) is 66.2 Å². The van der Waals surface area contributed by atoms with Gasteiger partial charge in [-0.05, 0) is 17.7 Å². The fraction of sp³-hybridized carbons (Fsp3) is 0.286. The number of carbonyl (C=O) groups is 3. The Hall–Kier alpha value is -2.75. The van der Waals surface area contributed by atoms with E-state index in [-0.39, 0.29) is 35.9 Å². The Morgan fingerprint density at radius 2 is 1.40 bits per heavy atom. The van der Waals surface area contributed by atoms with Crippen molar-refractivity contribution in [2.75, 3.05) is 4.90 Å². The molecule has 25 heavy (non-hydrogen) atoms. The number of para-hydroxylation sites is 1. The molecule has 0 unspecified atom stereocenters. The van der Waals surface area contributed by atoms with Gasteiger partial charge in [0.1, 0.15) is 5.78 Å². The Morgan fingerprint density at radius 1 is 0.800 bits per heavy atom. The van der Waals surface area contributed by atoms with Crippen LogP contribution in [0.1, 0.15) is 24.8 Å². The van der Waals surface area contributed by atoms with E-state index < -0.39 is 11.8 Å². The lowest BCUT2D eigenvalue weighted by Crippen LogP contribution is -2.39. The average Bonchev–Trinajstić information content (AvgIpc) is 2.88. The topological polar surface area (TPSA) is 54.5 Å². The van der Waals surface area contributed by atoms with Gasteiger partial charge in [0.25, 0.3) is 0 Å². The van der Waals surface area contributed by atoms with Crippen LogP contribution in [0, 0.1) is 17.8 Å². The summed E-state index contributed by atoms with van der Waals surface area (Å²) >= 11 is 0. The van der Waals surface area contributed by atoms with Gasteiger partial charge in [-0.15, -0.1) is 0 Å². The first-order valence-electron chi connectivity index (χ1n) is 8.60. The molecule has 4 atom stereocenters. The molecule has 1 saturated heterocycles. The molecule has 1 aliphatic heterocycles. The molecule has 1 heterocycles. The van der Waals surface area contributed by atoms with Gasteiger partial charge in [-0.2, -0.15) is 0 Å². The second-order valence-corrected chi connectivity index (χ2v) is 6.88. The van der Waals surface area contributed by atoms with E-state index in [1.54, 1.807) is 24.3 Å². The molecule has 0 spiro atoms. The van der Waals surface area contributed by atoms with Crippen LogP contribution < -0.4 is 4.90 Å². The zero-order chi connectivity index (χ0) is 17.6. The zero-order valence-corrected chi connectivity index (χ0v) is 14.0. The fourth-order valence-electron chi connectivity index (χ4n) is 4.28. The highest BCUT2D eigenvalue weighted by Crippen LogP contribution is 2.48. The van der Waals surface area contributed by atoms with Gasteiger partial charge in [-0.25, -0.2) is 0 Å². The zero-order valence-electron chi connectivity index (χ0n) is 14.0. The second kappa shape index (κ2) is 5.96. The van der Waals surface area contributed by atoms with E-state index in [1.807, 2.05) is 43.3 Å². The molecule has 0 aromatic heterocycles. The summed E-state index contributed by atoms with van der Waals surface area (Å²) in [4.78, 5) is 39.9. The van der Waals surface area contributed by atoms with Gasteiger partial charge in [0.2, 0.25) is 11.8 Å². The Bertz CT molecular complexity index is 831. The molecule has 4 heteroatoms. The summed E-state index contributed by atoms with van der Waals surface area (Å²) in [6.45, 7) is 1.87. The van der Waals surface area contributed by atoms with Crippen LogP contribution in [0.5, 0.6) is 0 Å². The predicted molar refractivity (Wildman–Crippen MR) is 93.9 cm³/mol. The molecule has 2 fully saturated rings. The van der Waals surface area contributed by atoms with Crippen molar-refractivity contribution in [2.24, 2.45) is 17.8 Å². The minimum Gasteiger partial charge on any atom is -0.299 e. The molecular formula is C21H19NO3. The van der Waals surface area contributed by atoms with Crippen molar-refractivity contribution in [3.63, 3.8) is 0 Å². The van der Waals surface area contributed by atoms with E-state index in [0.717, 1.165) is 5.56 Å². The van der Waals surface area contributed by atoms with Crippen LogP contribution in [0.15, 0.2) is 60.7 Å². The first kappa shape index (κ1) is 15.8. The highest BCUT2D eigenvalue weighted by atomic mass is 16.2. The van der Waals surface area contributed by atoms with E-state index in [0.29, 0.717) is 5.69 Å². The maximum atomic E-state index is 13.2. The Kier molecular flexibility index (Phi) is 3.75. The summed E-state index contributed by atoms with van der Waals surface area (Å²) < 4.78 is 0. The van der Waals surface area contributed by atoms with Crippen molar-refractivity contribution in [1.82, 2.24) is 0 Å². The number of benzene rings is 2. The van der Waals surface area contributed by atoms with E-state index in [9.17, 15) is 14.4 Å². The quantitative estimate of drug-likeness (QED) is 0.793. The molecule has 126 valence electrons. The summed E-state index contributed by atoms with van der Waals surface area (Å²) in [6.07, 6.45) is 0.156. The minimum absolute atomic E-state index is 0.0613. The van der Waals surface area contributed by atoms with Gasteiger partial charge >= 0.3 is 0 Å². The van der Waals surface area contributed by atoms with E-state index >= 15 is 0 Å². The fourth-order valence-corrected chi connectivity index (χ4v) is 4.28. The molecule has 1 aliphatic carbocycles. The lowest BCUT2D eigenvalue weighted by molar-refractivity contribution is -0.134. The summed E-state index contributed by atoms with van der Waals surface area (Å²) in [6, 6.07) is 18.6. The molecule has 1 saturated carbocycles. The minimum atomic E-state index is -0.554. The number of Topliss-reactive ketones (excluding diaryl/α,β-unsaturated/α-hetero) is 1. The monoisotopic (exact) mass is 333 g/mol. The maximum Gasteiger partial charge on any atom is 0.238 e. The number of hydrogen-bond donors (Lipinski definition) is 0. The molecule has 2 aliphatic rings. The van der Waals surface area contributed by atoms with Crippen LogP contribution in [0.4, 0.5) is 5.69 Å². The summed E-state index contributed by atoms with van der Waals surface area (Å²) in [7, 11) is 0. The average molecular weight is 333 g/mol. The van der Waals surface area contributed by atoms with Crippen molar-refractivity contribution < 1.29 is 14.4 Å². The number of fused-ring (bicyclic) bond motifs is 1. The first-order chi connectivity index (χ1) is 12.1. The highest BCUT2D eigenvalue weighted by Gasteiger charge is 2.57. The SMILES string of the molecule is C[C@H]1C(=O)C[C@H]2C(=O)N(c3ccccc3)C(=O)[C@@H]2[C@H]1c1ccccc1. The van der Waals surface area contributed by atoms with Crippen molar-refractivity contribution >= 4 is 23.3 Å². The Morgan fingerprint density at radius 3 is 2.04 bits per heavy atom. The third-order valence-corrected chi connectivity index (χ3v) is 5.53. The van der Waals surface area contributed by atoms with E-state index in [4.69, 9.17) is 0 Å². The molecule has 2 amide bonds. The largest absolute Gasteiger partial charge is 0.299 e. The van der Waals surface area contributed by atoms with Crippen molar-refractivity contribution in [2.45, 2.75) is 19.3 Å². The van der Waals surface area contributed by atoms with Gasteiger partial charge in [-0.3, -0.25) is 19.3 Å². The normalized spacial score (nSPS) is 29.0. The van der Waals surface area contributed by atoms with Gasteiger partial charge < -0.3 is 0 Å². The van der Waals surface area contributed by atoms with Crippen LogP contribution >= 0.6 is 0 Å². The number of ketones is 1. The molecule has 0 N–H and O–H groups in total. The molecule has 0 bridgehead atoms. The molecular weight excluding hydrogens is 314 g/mol. The van der Waals surface area contributed by atoms with Gasteiger partial charge in [-0.1, -0.05) is 55.5 Å². The number of rotatable bonds is 2. The second-order valence-electron chi connectivity index (χ2n) is 6.88. The predicted octanol–water partition coefficient (Wildman–Crippen LogP) is 3.18. The van der Waals surface area contributed by atoms with Crippen LogP contribution in [0.25, 0.3) is 0 Å². The number of anilines is 1. The van der Waals surface area contributed by atoms with E-state index in [2.05, 4.69) is 0 Å². The van der Waals surface area contributed by atoms with Crippen molar-refractivity contribution in [3.8, 4) is 0 Å². The standard InChI is InChI=1S/C21H19NO3/c1-13-17(23)12-16-19(18(13)14-8-4-2-5-9-14)21(25)22(20(16)24)15-10-6-3-7-11-15/h2-11,13,16,18-19H,12H2,1H3/t13-,16+,18+,19-/m0/s1. The maximum absolute atomic E-state index is 13.2. The van der Waals surface area contributed by atoms with Crippen LogP contribution in [0.3, 0.4) is 0 Å². The smallest absolute Gasteiger partial charge is 0.238 e. The molecule has 0 radical (unpaired) electrons. The molecule has 4 rings (SSSR count). The molecule has 2 aromatic carbocycles. The van der Waals surface area contributed by atoms with Crippen LogP contribution in [0.2, 0.25) is 0 Å².